The number of halogens is 2. The van der Waals surface area contributed by atoms with Crippen molar-refractivity contribution in [1.82, 2.24) is 0 Å². The number of carbonyl (C=O) groups excluding carboxylic acids is 1. The highest BCUT2D eigenvalue weighted by Crippen LogP contribution is 2.41. The Balaban J connectivity index is 2.32. The molecule has 0 saturated heterocycles. The standard InChI is InChI=1S/C17H22BrFO5S/c1-23-17(20)12-6-3-5-11(9-10-12)16(24-25(2,21)22)15-13(18)7-4-8-14(15)19/h4,7-8,11-12,16H,3,5-6,9-10H2,1-2H3/t11?,12-,16-/m1/s1. The van der Waals surface area contributed by atoms with Gasteiger partial charge in [0.15, 0.2) is 0 Å². The van der Waals surface area contributed by atoms with Crippen molar-refractivity contribution in [3.8, 4) is 0 Å². The summed E-state index contributed by atoms with van der Waals surface area (Å²) in [5.74, 6) is -1.19. The first-order chi connectivity index (χ1) is 11.7. The predicted octanol–water partition coefficient (Wildman–Crippen LogP) is 3.98. The van der Waals surface area contributed by atoms with Gasteiger partial charge in [-0.1, -0.05) is 28.4 Å². The number of methoxy groups -OCH3 is 1. The third-order valence-corrected chi connectivity index (χ3v) is 5.79. The second-order valence-electron chi connectivity index (χ2n) is 6.34. The number of hydrogen-bond donors (Lipinski definition) is 0. The molecule has 25 heavy (non-hydrogen) atoms. The zero-order chi connectivity index (χ0) is 18.6. The molecule has 8 heteroatoms. The molecule has 140 valence electrons. The normalized spacial score (nSPS) is 22.9. The summed E-state index contributed by atoms with van der Waals surface area (Å²) in [7, 11) is -2.42. The maximum atomic E-state index is 14.4. The SMILES string of the molecule is COC(=O)[C@@H]1CCCC([C@@H](OS(C)(=O)=O)c2c(F)cccc2Br)CC1. The molecule has 2 rings (SSSR count). The van der Waals surface area contributed by atoms with Gasteiger partial charge in [0.25, 0.3) is 10.1 Å². The molecule has 0 bridgehead atoms. The highest BCUT2D eigenvalue weighted by atomic mass is 79.9. The predicted molar refractivity (Wildman–Crippen MR) is 94.9 cm³/mol. The number of ether oxygens (including phenoxy) is 1. The second kappa shape index (κ2) is 8.60. The van der Waals surface area contributed by atoms with Crippen LogP contribution in [0.5, 0.6) is 0 Å². The Morgan fingerprint density at radius 2 is 2.00 bits per heavy atom. The lowest BCUT2D eigenvalue weighted by Crippen LogP contribution is -2.21. The van der Waals surface area contributed by atoms with Crippen LogP contribution in [0.1, 0.15) is 43.8 Å². The summed E-state index contributed by atoms with van der Waals surface area (Å²) in [4.78, 5) is 11.8. The Morgan fingerprint density at radius 1 is 1.28 bits per heavy atom. The molecule has 0 heterocycles. The minimum Gasteiger partial charge on any atom is -0.469 e. The van der Waals surface area contributed by atoms with Crippen LogP contribution >= 0.6 is 15.9 Å². The van der Waals surface area contributed by atoms with E-state index in [1.165, 1.54) is 13.2 Å². The van der Waals surface area contributed by atoms with Crippen LogP contribution < -0.4 is 0 Å². The summed E-state index contributed by atoms with van der Waals surface area (Å²) in [5.41, 5.74) is 0.203. The van der Waals surface area contributed by atoms with Gasteiger partial charge in [0, 0.05) is 10.0 Å². The molecule has 1 aliphatic carbocycles. The smallest absolute Gasteiger partial charge is 0.308 e. The molecular formula is C17H22BrFO5S. The highest BCUT2D eigenvalue weighted by Gasteiger charge is 2.34. The van der Waals surface area contributed by atoms with E-state index >= 15 is 0 Å². The van der Waals surface area contributed by atoms with Crippen molar-refractivity contribution in [2.24, 2.45) is 11.8 Å². The highest BCUT2D eigenvalue weighted by molar-refractivity contribution is 9.10. The molecule has 0 aromatic heterocycles. The summed E-state index contributed by atoms with van der Waals surface area (Å²) in [6, 6.07) is 4.48. The van der Waals surface area contributed by atoms with Crippen LogP contribution in [-0.2, 0) is 23.8 Å². The van der Waals surface area contributed by atoms with Gasteiger partial charge in [0.05, 0.1) is 19.3 Å². The van der Waals surface area contributed by atoms with E-state index in [1.807, 2.05) is 0 Å². The zero-order valence-corrected chi connectivity index (χ0v) is 16.6. The van der Waals surface area contributed by atoms with Crippen LogP contribution in [-0.4, -0.2) is 27.8 Å². The van der Waals surface area contributed by atoms with Crippen LogP contribution in [0.15, 0.2) is 22.7 Å². The molecule has 5 nitrogen and oxygen atoms in total. The topological polar surface area (TPSA) is 69.7 Å². The maximum absolute atomic E-state index is 14.4. The molecule has 0 aliphatic heterocycles. The van der Waals surface area contributed by atoms with E-state index in [0.29, 0.717) is 30.2 Å². The Hall–Kier alpha value is -0.990. The number of carbonyl (C=O) groups is 1. The van der Waals surface area contributed by atoms with Crippen molar-refractivity contribution in [2.45, 2.75) is 38.2 Å². The van der Waals surface area contributed by atoms with E-state index in [0.717, 1.165) is 12.7 Å². The van der Waals surface area contributed by atoms with Crippen molar-refractivity contribution < 1.29 is 26.5 Å². The summed E-state index contributed by atoms with van der Waals surface area (Å²) in [6.07, 6.45) is 3.19. The van der Waals surface area contributed by atoms with Crippen LogP contribution in [0.4, 0.5) is 4.39 Å². The van der Waals surface area contributed by atoms with Crippen LogP contribution in [0.2, 0.25) is 0 Å². The van der Waals surface area contributed by atoms with Gasteiger partial charge in [0.1, 0.15) is 11.9 Å². The molecule has 1 unspecified atom stereocenters. The summed E-state index contributed by atoms with van der Waals surface area (Å²) in [6.45, 7) is 0. The lowest BCUT2D eigenvalue weighted by molar-refractivity contribution is -0.145. The quantitative estimate of drug-likeness (QED) is 0.396. The molecule has 3 atom stereocenters. The van der Waals surface area contributed by atoms with Gasteiger partial charge >= 0.3 is 5.97 Å². The monoisotopic (exact) mass is 436 g/mol. The van der Waals surface area contributed by atoms with Crippen molar-refractivity contribution in [3.63, 3.8) is 0 Å². The molecule has 1 aromatic carbocycles. The first-order valence-corrected chi connectivity index (χ1v) is 10.7. The van der Waals surface area contributed by atoms with E-state index in [9.17, 15) is 17.6 Å². The molecule has 1 fully saturated rings. The minimum absolute atomic E-state index is 0.203. The lowest BCUT2D eigenvalue weighted by atomic mass is 9.89. The average Bonchev–Trinajstić information content (AvgIpc) is 2.77. The Kier molecular flexibility index (Phi) is 6.99. The Bertz CT molecular complexity index is 701. The maximum Gasteiger partial charge on any atom is 0.308 e. The molecule has 1 aromatic rings. The van der Waals surface area contributed by atoms with Crippen molar-refractivity contribution >= 4 is 32.0 Å². The number of hydrogen-bond acceptors (Lipinski definition) is 5. The third kappa shape index (κ3) is 5.49. The van der Waals surface area contributed by atoms with Gasteiger partial charge in [-0.2, -0.15) is 8.42 Å². The molecule has 1 aliphatic rings. The number of esters is 1. The van der Waals surface area contributed by atoms with E-state index in [4.69, 9.17) is 8.92 Å². The summed E-state index contributed by atoms with van der Waals surface area (Å²) >= 11 is 3.30. The number of rotatable bonds is 5. The van der Waals surface area contributed by atoms with E-state index in [1.54, 1.807) is 12.1 Å². The van der Waals surface area contributed by atoms with Gasteiger partial charge in [0.2, 0.25) is 0 Å². The first kappa shape index (κ1) is 20.3. The lowest BCUT2D eigenvalue weighted by Gasteiger charge is -2.27. The summed E-state index contributed by atoms with van der Waals surface area (Å²) in [5, 5.41) is 0. The van der Waals surface area contributed by atoms with Crippen LogP contribution in [0.3, 0.4) is 0 Å². The van der Waals surface area contributed by atoms with Crippen molar-refractivity contribution in [3.05, 3.63) is 34.1 Å². The van der Waals surface area contributed by atoms with Gasteiger partial charge in [-0.25, -0.2) is 4.39 Å². The fraction of sp³-hybridized carbons (Fsp3) is 0.588. The van der Waals surface area contributed by atoms with E-state index < -0.39 is 22.0 Å². The fourth-order valence-corrected chi connectivity index (χ4v) is 4.57. The van der Waals surface area contributed by atoms with Crippen molar-refractivity contribution in [2.75, 3.05) is 13.4 Å². The average molecular weight is 437 g/mol. The second-order valence-corrected chi connectivity index (χ2v) is 8.80. The zero-order valence-electron chi connectivity index (χ0n) is 14.2. The number of benzene rings is 1. The van der Waals surface area contributed by atoms with Gasteiger partial charge in [-0.3, -0.25) is 8.98 Å². The minimum atomic E-state index is -3.78. The molecule has 0 spiro atoms. The molecule has 0 N–H and O–H groups in total. The first-order valence-electron chi connectivity index (χ1n) is 8.13. The van der Waals surface area contributed by atoms with E-state index in [-0.39, 0.29) is 23.4 Å². The van der Waals surface area contributed by atoms with Gasteiger partial charge < -0.3 is 4.74 Å². The van der Waals surface area contributed by atoms with Crippen molar-refractivity contribution in [1.29, 1.82) is 0 Å². The van der Waals surface area contributed by atoms with Gasteiger partial charge in [-0.15, -0.1) is 0 Å². The molecule has 0 radical (unpaired) electrons. The van der Waals surface area contributed by atoms with Gasteiger partial charge in [-0.05, 0) is 43.7 Å². The molecule has 0 amide bonds. The van der Waals surface area contributed by atoms with Crippen LogP contribution in [0.25, 0.3) is 0 Å². The Labute approximate surface area is 156 Å². The van der Waals surface area contributed by atoms with Crippen LogP contribution in [0, 0.1) is 17.7 Å². The largest absolute Gasteiger partial charge is 0.469 e. The molecule has 1 saturated carbocycles. The third-order valence-electron chi connectivity index (χ3n) is 4.54. The summed E-state index contributed by atoms with van der Waals surface area (Å²) < 4.78 is 48.5. The fourth-order valence-electron chi connectivity index (χ4n) is 3.37. The molecular weight excluding hydrogens is 415 g/mol. The van der Waals surface area contributed by atoms with E-state index in [2.05, 4.69) is 15.9 Å². The Morgan fingerprint density at radius 3 is 2.60 bits per heavy atom.